The maximum Gasteiger partial charge on any atom is 0.239 e. The van der Waals surface area contributed by atoms with Gasteiger partial charge < -0.3 is 20.1 Å². The molecule has 0 aromatic heterocycles. The number of carbonyl (C=O) groups excluding carboxylic acids is 1. The number of rotatable bonds is 7. The summed E-state index contributed by atoms with van der Waals surface area (Å²) in [6, 6.07) is -0.127. The normalized spacial score (nSPS) is 26.6. The maximum absolute atomic E-state index is 11.6. The van der Waals surface area contributed by atoms with E-state index in [0.29, 0.717) is 13.2 Å². The Kier molecular flexibility index (Phi) is 4.36. The Balaban J connectivity index is 1.55. The molecule has 0 aromatic carbocycles. The summed E-state index contributed by atoms with van der Waals surface area (Å²) in [4.78, 5) is 13.3. The van der Waals surface area contributed by atoms with Gasteiger partial charge in [-0.2, -0.15) is 0 Å². The summed E-state index contributed by atoms with van der Waals surface area (Å²) in [5.41, 5.74) is 0. The van der Waals surface area contributed by atoms with Crippen LogP contribution in [0.25, 0.3) is 0 Å². The molecule has 17 heavy (non-hydrogen) atoms. The third kappa shape index (κ3) is 3.94. The van der Waals surface area contributed by atoms with E-state index in [0.717, 1.165) is 25.5 Å². The molecule has 2 rings (SSSR count). The number of carbonyl (C=O) groups is 1. The van der Waals surface area contributed by atoms with Crippen LogP contribution in [-0.2, 0) is 9.53 Å². The van der Waals surface area contributed by atoms with Crippen LogP contribution in [0.4, 0.5) is 0 Å². The summed E-state index contributed by atoms with van der Waals surface area (Å²) in [6.07, 6.45) is 2.83. The molecule has 1 saturated heterocycles. The third-order valence-electron chi connectivity index (χ3n) is 3.39. The van der Waals surface area contributed by atoms with Gasteiger partial charge in [0.1, 0.15) is 0 Å². The zero-order valence-corrected chi connectivity index (χ0v) is 10.4. The highest BCUT2D eigenvalue weighted by molar-refractivity contribution is 5.83. The van der Waals surface area contributed by atoms with Crippen LogP contribution in [-0.4, -0.2) is 61.4 Å². The molecule has 2 fully saturated rings. The van der Waals surface area contributed by atoms with E-state index in [2.05, 4.69) is 5.32 Å². The third-order valence-corrected chi connectivity index (χ3v) is 3.39. The van der Waals surface area contributed by atoms with Crippen LogP contribution in [0.3, 0.4) is 0 Å². The van der Waals surface area contributed by atoms with Crippen molar-refractivity contribution in [2.75, 3.05) is 33.4 Å². The average Bonchev–Trinajstić information content (AvgIpc) is 3.06. The zero-order valence-electron chi connectivity index (χ0n) is 10.4. The van der Waals surface area contributed by atoms with Gasteiger partial charge in [-0.1, -0.05) is 0 Å². The fourth-order valence-electron chi connectivity index (χ4n) is 2.00. The van der Waals surface area contributed by atoms with Crippen LogP contribution < -0.4 is 5.32 Å². The molecule has 0 aromatic rings. The lowest BCUT2D eigenvalue weighted by Gasteiger charge is -2.15. The Labute approximate surface area is 102 Å². The lowest BCUT2D eigenvalue weighted by molar-refractivity contribution is -0.128. The summed E-state index contributed by atoms with van der Waals surface area (Å²) in [6.45, 7) is 2.35. The number of aliphatic hydroxyl groups is 1. The molecule has 98 valence electrons. The molecule has 1 aliphatic heterocycles. The average molecular weight is 242 g/mol. The molecule has 2 atom stereocenters. The van der Waals surface area contributed by atoms with Crippen molar-refractivity contribution < 1.29 is 14.6 Å². The first-order valence-electron chi connectivity index (χ1n) is 6.41. The Morgan fingerprint density at radius 2 is 2.29 bits per heavy atom. The lowest BCUT2D eigenvalue weighted by atomic mass is 10.2. The van der Waals surface area contributed by atoms with E-state index >= 15 is 0 Å². The summed E-state index contributed by atoms with van der Waals surface area (Å²) >= 11 is 0. The number of likely N-dealkylation sites (tertiary alicyclic amines) is 1. The second-order valence-corrected chi connectivity index (χ2v) is 5.14. The number of hydrogen-bond acceptors (Lipinski definition) is 4. The number of ether oxygens (including phenoxy) is 1. The van der Waals surface area contributed by atoms with Crippen molar-refractivity contribution in [3.8, 4) is 0 Å². The standard InChI is InChI=1S/C12H22N2O3/c1-14-5-4-11(12(14)16)13-6-10(15)8-17-7-9-2-3-9/h9-11,13,15H,2-8H2,1H3. The largest absolute Gasteiger partial charge is 0.389 e. The van der Waals surface area contributed by atoms with Gasteiger partial charge in [0.05, 0.1) is 18.8 Å². The van der Waals surface area contributed by atoms with Crippen LogP contribution in [0.2, 0.25) is 0 Å². The molecular weight excluding hydrogens is 220 g/mol. The predicted molar refractivity (Wildman–Crippen MR) is 63.6 cm³/mol. The Morgan fingerprint density at radius 3 is 2.88 bits per heavy atom. The summed E-state index contributed by atoms with van der Waals surface area (Å²) in [7, 11) is 1.80. The van der Waals surface area contributed by atoms with Gasteiger partial charge >= 0.3 is 0 Å². The summed E-state index contributed by atoms with van der Waals surface area (Å²) in [5.74, 6) is 0.844. The van der Waals surface area contributed by atoms with E-state index in [1.54, 1.807) is 11.9 Å². The molecule has 2 N–H and O–H groups in total. The predicted octanol–water partition coefficient (Wildman–Crippen LogP) is -0.406. The number of nitrogens with zero attached hydrogens (tertiary/aromatic N) is 1. The van der Waals surface area contributed by atoms with Crippen LogP contribution in [0, 0.1) is 5.92 Å². The Morgan fingerprint density at radius 1 is 1.53 bits per heavy atom. The van der Waals surface area contributed by atoms with E-state index in [4.69, 9.17) is 4.74 Å². The minimum Gasteiger partial charge on any atom is -0.389 e. The molecule has 1 heterocycles. The van der Waals surface area contributed by atoms with E-state index in [1.807, 2.05) is 0 Å². The molecule has 0 bridgehead atoms. The van der Waals surface area contributed by atoms with Gasteiger partial charge in [-0.25, -0.2) is 0 Å². The highest BCUT2D eigenvalue weighted by Gasteiger charge is 2.28. The Bertz CT molecular complexity index is 268. The summed E-state index contributed by atoms with van der Waals surface area (Å²) in [5, 5.41) is 12.8. The second kappa shape index (κ2) is 5.80. The van der Waals surface area contributed by atoms with Crippen LogP contribution in [0.1, 0.15) is 19.3 Å². The number of aliphatic hydroxyl groups excluding tert-OH is 1. The van der Waals surface area contributed by atoms with Crippen molar-refractivity contribution in [1.29, 1.82) is 0 Å². The monoisotopic (exact) mass is 242 g/mol. The first-order valence-corrected chi connectivity index (χ1v) is 6.41. The van der Waals surface area contributed by atoms with E-state index in [-0.39, 0.29) is 11.9 Å². The van der Waals surface area contributed by atoms with Crippen LogP contribution >= 0.6 is 0 Å². The topological polar surface area (TPSA) is 61.8 Å². The molecule has 5 nitrogen and oxygen atoms in total. The number of likely N-dealkylation sites (N-methyl/N-ethyl adjacent to an activating group) is 1. The SMILES string of the molecule is CN1CCC(NCC(O)COCC2CC2)C1=O. The number of amides is 1. The fourth-order valence-corrected chi connectivity index (χ4v) is 2.00. The first-order chi connectivity index (χ1) is 8.16. The molecular formula is C12H22N2O3. The zero-order chi connectivity index (χ0) is 12.3. The van der Waals surface area contributed by atoms with Crippen molar-refractivity contribution >= 4 is 5.91 Å². The molecule has 2 unspecified atom stereocenters. The van der Waals surface area contributed by atoms with Gasteiger partial charge in [0, 0.05) is 26.7 Å². The van der Waals surface area contributed by atoms with Gasteiger partial charge in [-0.15, -0.1) is 0 Å². The maximum atomic E-state index is 11.6. The molecule has 1 saturated carbocycles. The summed E-state index contributed by atoms with van der Waals surface area (Å²) < 4.78 is 5.40. The molecule has 0 spiro atoms. The number of hydrogen-bond donors (Lipinski definition) is 2. The van der Waals surface area contributed by atoms with Gasteiger partial charge in [0.15, 0.2) is 0 Å². The molecule has 5 heteroatoms. The van der Waals surface area contributed by atoms with Crippen molar-refractivity contribution in [3.63, 3.8) is 0 Å². The second-order valence-electron chi connectivity index (χ2n) is 5.14. The van der Waals surface area contributed by atoms with E-state index < -0.39 is 6.10 Å². The molecule has 1 amide bonds. The highest BCUT2D eigenvalue weighted by Crippen LogP contribution is 2.28. The van der Waals surface area contributed by atoms with Crippen molar-refractivity contribution in [3.05, 3.63) is 0 Å². The van der Waals surface area contributed by atoms with Crippen LogP contribution in [0.15, 0.2) is 0 Å². The fraction of sp³-hybridized carbons (Fsp3) is 0.917. The van der Waals surface area contributed by atoms with Crippen LogP contribution in [0.5, 0.6) is 0 Å². The van der Waals surface area contributed by atoms with E-state index in [9.17, 15) is 9.90 Å². The molecule has 2 aliphatic rings. The van der Waals surface area contributed by atoms with Gasteiger partial charge in [0.25, 0.3) is 0 Å². The molecule has 0 radical (unpaired) electrons. The molecule has 1 aliphatic carbocycles. The first kappa shape index (κ1) is 12.8. The quantitative estimate of drug-likeness (QED) is 0.637. The van der Waals surface area contributed by atoms with Crippen molar-refractivity contribution in [1.82, 2.24) is 10.2 Å². The highest BCUT2D eigenvalue weighted by atomic mass is 16.5. The minimum atomic E-state index is -0.521. The van der Waals surface area contributed by atoms with E-state index in [1.165, 1.54) is 12.8 Å². The van der Waals surface area contributed by atoms with Gasteiger partial charge in [0.2, 0.25) is 5.91 Å². The smallest absolute Gasteiger partial charge is 0.239 e. The van der Waals surface area contributed by atoms with Gasteiger partial charge in [-0.3, -0.25) is 4.79 Å². The lowest BCUT2D eigenvalue weighted by Crippen LogP contribution is -2.41. The number of nitrogens with one attached hydrogen (secondary N) is 1. The van der Waals surface area contributed by atoms with Crippen molar-refractivity contribution in [2.45, 2.75) is 31.4 Å². The van der Waals surface area contributed by atoms with Gasteiger partial charge in [-0.05, 0) is 25.2 Å². The Hall–Kier alpha value is -0.650. The van der Waals surface area contributed by atoms with Crippen molar-refractivity contribution in [2.24, 2.45) is 5.92 Å². The minimum absolute atomic E-state index is 0.121.